The van der Waals surface area contributed by atoms with Gasteiger partial charge in [0.1, 0.15) is 27.7 Å². The van der Waals surface area contributed by atoms with E-state index in [1.54, 1.807) is 32.6 Å². The van der Waals surface area contributed by atoms with E-state index in [1.807, 2.05) is 42.6 Å². The Morgan fingerprint density at radius 1 is 1.13 bits per heavy atom. The molecule has 0 spiro atoms. The number of amides is 2. The minimum Gasteiger partial charge on any atom is -0.444 e. The maximum atomic E-state index is 14.0. The van der Waals surface area contributed by atoms with Crippen molar-refractivity contribution in [3.05, 3.63) is 75.7 Å². The van der Waals surface area contributed by atoms with E-state index in [0.29, 0.717) is 13.0 Å². The second-order valence-electron chi connectivity index (χ2n) is 12.8. The van der Waals surface area contributed by atoms with Crippen molar-refractivity contribution in [2.24, 2.45) is 0 Å². The predicted molar refractivity (Wildman–Crippen MR) is 178 cm³/mol. The second-order valence-corrected chi connectivity index (χ2v) is 15.8. The van der Waals surface area contributed by atoms with E-state index in [0.717, 1.165) is 39.7 Å². The molecule has 0 aliphatic carbocycles. The van der Waals surface area contributed by atoms with Gasteiger partial charge < -0.3 is 19.4 Å². The van der Waals surface area contributed by atoms with Crippen molar-refractivity contribution in [2.75, 3.05) is 24.2 Å². The number of likely N-dealkylation sites (tertiary alicyclic amines) is 1. The number of aromatic nitrogens is 4. The average Bonchev–Trinajstić information content (AvgIpc) is 3.76. The average molecular weight is 682 g/mol. The number of carbonyl (C=O) groups is 2. The topological polar surface area (TPSA) is 161 Å². The van der Waals surface area contributed by atoms with Crippen molar-refractivity contribution in [3.63, 3.8) is 0 Å². The van der Waals surface area contributed by atoms with E-state index in [1.165, 1.54) is 30.5 Å². The fourth-order valence-electron chi connectivity index (χ4n) is 5.29. The standard InChI is InChI=1S/C32H39N7O6S2/c1-20-19-46-27(33-20)24-14-11-15-39(24)28(40)23-16-22(17-25(34-23)38(6)47(7,42)43)26-36-37-29(44-26)32(5,18-21-12-9-8-10-13-21)35-30(41)45-31(2,3)4/h8-10,12-13,16-17,19,24H,11,14-15,18H2,1-7H3,(H,35,41)/t24-,32-/m1/s1. The van der Waals surface area contributed by atoms with Gasteiger partial charge in [-0.25, -0.2) is 23.2 Å². The first-order valence-corrected chi connectivity index (χ1v) is 17.8. The molecule has 2 atom stereocenters. The normalized spacial score (nSPS) is 16.5. The molecule has 4 aromatic rings. The van der Waals surface area contributed by atoms with Gasteiger partial charge in [-0.1, -0.05) is 30.3 Å². The third-order valence-electron chi connectivity index (χ3n) is 7.61. The molecular formula is C32H39N7O6S2. The molecule has 0 saturated carbocycles. The second kappa shape index (κ2) is 13.0. The fraction of sp³-hybridized carbons (Fsp3) is 0.438. The third-order valence-corrected chi connectivity index (χ3v) is 9.85. The van der Waals surface area contributed by atoms with Gasteiger partial charge in [-0.3, -0.25) is 9.10 Å². The Bertz CT molecular complexity index is 1870. The molecule has 1 fully saturated rings. The van der Waals surface area contributed by atoms with E-state index in [4.69, 9.17) is 9.15 Å². The van der Waals surface area contributed by atoms with Crippen LogP contribution in [0.4, 0.5) is 10.6 Å². The van der Waals surface area contributed by atoms with E-state index < -0.39 is 27.3 Å². The van der Waals surface area contributed by atoms with Crippen molar-refractivity contribution >= 4 is 39.2 Å². The number of hydrogen-bond donors (Lipinski definition) is 1. The summed E-state index contributed by atoms with van der Waals surface area (Å²) in [4.78, 5) is 37.7. The number of nitrogens with zero attached hydrogens (tertiary/aromatic N) is 6. The van der Waals surface area contributed by atoms with E-state index in [9.17, 15) is 18.0 Å². The molecule has 13 nitrogen and oxygen atoms in total. The third kappa shape index (κ3) is 7.96. The monoisotopic (exact) mass is 681 g/mol. The highest BCUT2D eigenvalue weighted by Crippen LogP contribution is 2.36. The Labute approximate surface area is 278 Å². The van der Waals surface area contributed by atoms with E-state index in [2.05, 4.69) is 25.5 Å². The SMILES string of the molecule is Cc1csc([C@H]2CCCN2C(=O)c2cc(-c3nnc([C@@](C)(Cc4ccccc4)NC(=O)OC(C)(C)C)o3)cc(N(C)S(C)(=O)=O)n2)n1. The molecule has 250 valence electrons. The molecule has 2 amide bonds. The lowest BCUT2D eigenvalue weighted by atomic mass is 9.92. The summed E-state index contributed by atoms with van der Waals surface area (Å²) in [7, 11) is -2.38. The molecule has 1 aliphatic heterocycles. The van der Waals surface area contributed by atoms with E-state index in [-0.39, 0.29) is 40.8 Å². The number of thiazole rings is 1. The van der Waals surface area contributed by atoms with Crippen LogP contribution in [0.25, 0.3) is 11.5 Å². The van der Waals surface area contributed by atoms with Gasteiger partial charge >= 0.3 is 6.09 Å². The van der Waals surface area contributed by atoms with Gasteiger partial charge in [0.15, 0.2) is 0 Å². The van der Waals surface area contributed by atoms with Crippen LogP contribution >= 0.6 is 11.3 Å². The van der Waals surface area contributed by atoms with E-state index >= 15 is 0 Å². The van der Waals surface area contributed by atoms with Crippen LogP contribution in [0.3, 0.4) is 0 Å². The number of pyridine rings is 1. The Hall–Kier alpha value is -4.37. The maximum absolute atomic E-state index is 14.0. The summed E-state index contributed by atoms with van der Waals surface area (Å²) in [6, 6.07) is 12.3. The minimum absolute atomic E-state index is 0.00728. The van der Waals surface area contributed by atoms with Crippen LogP contribution in [0.2, 0.25) is 0 Å². The molecule has 1 aromatic carbocycles. The zero-order valence-corrected chi connectivity index (χ0v) is 29.1. The number of rotatable bonds is 9. The van der Waals surface area contributed by atoms with Gasteiger partial charge in [0.05, 0.1) is 12.3 Å². The molecule has 0 bridgehead atoms. The van der Waals surface area contributed by atoms with Gasteiger partial charge in [-0.15, -0.1) is 21.5 Å². The quantitative estimate of drug-likeness (QED) is 0.247. The zero-order chi connectivity index (χ0) is 34.1. The number of ether oxygens (including phenoxy) is 1. The number of nitrogens with one attached hydrogen (secondary N) is 1. The van der Waals surface area contributed by atoms with Crippen LogP contribution in [-0.4, -0.2) is 70.9 Å². The molecule has 1 N–H and O–H groups in total. The highest BCUT2D eigenvalue weighted by atomic mass is 32.2. The van der Waals surface area contributed by atoms with Gasteiger partial charge in [0.25, 0.3) is 5.91 Å². The summed E-state index contributed by atoms with van der Waals surface area (Å²) in [5, 5.41) is 14.2. The van der Waals surface area contributed by atoms with Crippen LogP contribution < -0.4 is 9.62 Å². The largest absolute Gasteiger partial charge is 0.444 e. The predicted octanol–water partition coefficient (Wildman–Crippen LogP) is 5.25. The molecule has 0 radical (unpaired) electrons. The van der Waals surface area contributed by atoms with Gasteiger partial charge in [-0.05, 0) is 65.2 Å². The van der Waals surface area contributed by atoms with Crippen LogP contribution in [-0.2, 0) is 26.7 Å². The molecule has 4 heterocycles. The molecule has 1 aliphatic rings. The number of anilines is 1. The number of sulfonamides is 1. The first-order valence-electron chi connectivity index (χ1n) is 15.1. The summed E-state index contributed by atoms with van der Waals surface area (Å²) in [6.07, 6.45) is 2.23. The highest BCUT2D eigenvalue weighted by Gasteiger charge is 2.38. The lowest BCUT2D eigenvalue weighted by Crippen LogP contribution is -2.47. The zero-order valence-electron chi connectivity index (χ0n) is 27.5. The first kappa shape index (κ1) is 34.0. The summed E-state index contributed by atoms with van der Waals surface area (Å²) >= 11 is 1.50. The Kier molecular flexibility index (Phi) is 9.42. The van der Waals surface area contributed by atoms with Crippen molar-refractivity contribution in [3.8, 4) is 11.5 Å². The molecule has 1 saturated heterocycles. The lowest BCUT2D eigenvalue weighted by Gasteiger charge is -2.29. The fourth-order valence-corrected chi connectivity index (χ4v) is 6.66. The smallest absolute Gasteiger partial charge is 0.408 e. The Morgan fingerprint density at radius 2 is 1.85 bits per heavy atom. The van der Waals surface area contributed by atoms with Crippen LogP contribution in [0.5, 0.6) is 0 Å². The lowest BCUT2D eigenvalue weighted by molar-refractivity contribution is 0.0443. The number of carbonyl (C=O) groups excluding carboxylic acids is 2. The molecule has 47 heavy (non-hydrogen) atoms. The summed E-state index contributed by atoms with van der Waals surface area (Å²) < 4.78 is 37.8. The van der Waals surface area contributed by atoms with Gasteiger partial charge in [0, 0.05) is 36.7 Å². The van der Waals surface area contributed by atoms with Crippen LogP contribution in [0.15, 0.2) is 52.3 Å². The summed E-state index contributed by atoms with van der Waals surface area (Å²) in [5.41, 5.74) is 0.151. The maximum Gasteiger partial charge on any atom is 0.408 e. The van der Waals surface area contributed by atoms with Gasteiger partial charge in [0.2, 0.25) is 21.8 Å². The van der Waals surface area contributed by atoms with Crippen molar-refractivity contribution in [1.29, 1.82) is 0 Å². The summed E-state index contributed by atoms with van der Waals surface area (Å²) in [5.74, 6) is -0.263. The number of benzene rings is 1. The van der Waals surface area contributed by atoms with Crippen molar-refractivity contribution in [2.45, 2.75) is 71.1 Å². The molecule has 3 aromatic heterocycles. The number of alkyl carbamates (subject to hydrolysis) is 1. The molecule has 15 heteroatoms. The Balaban J connectivity index is 1.54. The van der Waals surface area contributed by atoms with Crippen LogP contribution in [0, 0.1) is 6.92 Å². The highest BCUT2D eigenvalue weighted by molar-refractivity contribution is 7.92. The van der Waals surface area contributed by atoms with Crippen LogP contribution in [0.1, 0.15) is 79.2 Å². The molecular weight excluding hydrogens is 643 g/mol. The molecule has 0 unspecified atom stereocenters. The molecule has 5 rings (SSSR count). The van der Waals surface area contributed by atoms with Crippen molar-refractivity contribution in [1.82, 2.24) is 30.4 Å². The number of hydrogen-bond acceptors (Lipinski definition) is 11. The van der Waals surface area contributed by atoms with Gasteiger partial charge in [-0.2, -0.15) is 0 Å². The Morgan fingerprint density at radius 3 is 2.49 bits per heavy atom. The van der Waals surface area contributed by atoms with Crippen molar-refractivity contribution < 1.29 is 27.2 Å². The minimum atomic E-state index is -3.74. The number of aryl methyl sites for hydroxylation is 1. The first-order chi connectivity index (χ1) is 22.0. The summed E-state index contributed by atoms with van der Waals surface area (Å²) in [6.45, 7) is 9.46.